The molecule has 4 nitrogen and oxygen atoms in total. The van der Waals surface area contributed by atoms with Gasteiger partial charge in [0.25, 0.3) is 0 Å². The van der Waals surface area contributed by atoms with Gasteiger partial charge in [-0.15, -0.1) is 0 Å². The number of nitrogens with zero attached hydrogens (tertiary/aromatic N) is 1. The van der Waals surface area contributed by atoms with Crippen molar-refractivity contribution in [2.45, 2.75) is 38.8 Å². The fraction of sp³-hybridized carbons (Fsp3) is 0.381. The third kappa shape index (κ3) is 4.47. The smallest absolute Gasteiger partial charge is 0.221 e. The minimum absolute atomic E-state index is 0.0565. The number of aliphatic hydroxyl groups excluding tert-OH is 1. The maximum absolute atomic E-state index is 11.3. The summed E-state index contributed by atoms with van der Waals surface area (Å²) >= 11 is 0. The average molecular weight is 338 g/mol. The van der Waals surface area contributed by atoms with Crippen LogP contribution in [0.3, 0.4) is 0 Å². The van der Waals surface area contributed by atoms with Crippen molar-refractivity contribution in [2.24, 2.45) is 0 Å². The fourth-order valence-electron chi connectivity index (χ4n) is 3.72. The first-order valence-electron chi connectivity index (χ1n) is 8.96. The van der Waals surface area contributed by atoms with Crippen molar-refractivity contribution in [3.05, 3.63) is 65.2 Å². The summed E-state index contributed by atoms with van der Waals surface area (Å²) in [6.07, 6.45) is 3.00. The summed E-state index contributed by atoms with van der Waals surface area (Å²) in [5.41, 5.74) is 4.86. The van der Waals surface area contributed by atoms with Crippen LogP contribution in [0.5, 0.6) is 0 Å². The van der Waals surface area contributed by atoms with E-state index in [1.165, 1.54) is 23.6 Å². The molecule has 0 aliphatic heterocycles. The number of aryl methyl sites for hydroxylation is 1. The molecule has 1 aliphatic rings. The Kier molecular flexibility index (Phi) is 5.84. The predicted molar refractivity (Wildman–Crippen MR) is 100 cm³/mol. The number of aliphatic hydroxyl groups is 1. The minimum Gasteiger partial charge on any atom is -0.396 e. The molecule has 0 saturated carbocycles. The highest BCUT2D eigenvalue weighted by Crippen LogP contribution is 2.36. The zero-order valence-electron chi connectivity index (χ0n) is 14.7. The van der Waals surface area contributed by atoms with Crippen LogP contribution in [-0.4, -0.2) is 29.1 Å². The van der Waals surface area contributed by atoms with Crippen LogP contribution in [0.25, 0.3) is 0 Å². The number of rotatable bonds is 7. The molecule has 0 aromatic heterocycles. The van der Waals surface area contributed by atoms with Crippen molar-refractivity contribution in [1.82, 2.24) is 4.90 Å². The van der Waals surface area contributed by atoms with Crippen LogP contribution < -0.4 is 5.32 Å². The van der Waals surface area contributed by atoms with Crippen molar-refractivity contribution in [2.75, 3.05) is 18.5 Å². The molecule has 1 amide bonds. The molecular weight excluding hydrogens is 312 g/mol. The molecule has 0 heterocycles. The van der Waals surface area contributed by atoms with E-state index in [-0.39, 0.29) is 12.5 Å². The normalized spacial score (nSPS) is 16.0. The van der Waals surface area contributed by atoms with Crippen molar-refractivity contribution >= 4 is 11.6 Å². The molecule has 0 fully saturated rings. The molecule has 3 rings (SSSR count). The van der Waals surface area contributed by atoms with Gasteiger partial charge in [0.15, 0.2) is 0 Å². The molecule has 1 atom stereocenters. The van der Waals surface area contributed by atoms with Crippen LogP contribution in [-0.2, 0) is 17.8 Å². The van der Waals surface area contributed by atoms with Gasteiger partial charge < -0.3 is 10.4 Å². The van der Waals surface area contributed by atoms with Gasteiger partial charge in [-0.05, 0) is 48.1 Å². The van der Waals surface area contributed by atoms with Crippen molar-refractivity contribution in [3.8, 4) is 0 Å². The number of hydrogen-bond acceptors (Lipinski definition) is 3. The second-order valence-corrected chi connectivity index (χ2v) is 6.68. The summed E-state index contributed by atoms with van der Waals surface area (Å²) in [6, 6.07) is 17.1. The monoisotopic (exact) mass is 338 g/mol. The van der Waals surface area contributed by atoms with E-state index in [2.05, 4.69) is 40.5 Å². The highest BCUT2D eigenvalue weighted by atomic mass is 16.3. The predicted octanol–water partition coefficient (Wildman–Crippen LogP) is 3.52. The Labute approximate surface area is 149 Å². The summed E-state index contributed by atoms with van der Waals surface area (Å²) in [5.74, 6) is -0.0565. The van der Waals surface area contributed by atoms with Crippen LogP contribution >= 0.6 is 0 Å². The van der Waals surface area contributed by atoms with E-state index in [0.29, 0.717) is 6.04 Å². The fourth-order valence-corrected chi connectivity index (χ4v) is 3.72. The van der Waals surface area contributed by atoms with Gasteiger partial charge in [0.1, 0.15) is 0 Å². The Morgan fingerprint density at radius 1 is 1.24 bits per heavy atom. The van der Waals surface area contributed by atoms with Gasteiger partial charge in [0, 0.05) is 38.3 Å². The molecule has 2 aromatic carbocycles. The summed E-state index contributed by atoms with van der Waals surface area (Å²) in [6.45, 7) is 3.40. The van der Waals surface area contributed by atoms with E-state index in [4.69, 9.17) is 0 Å². The molecule has 1 unspecified atom stereocenters. The zero-order chi connectivity index (χ0) is 17.6. The molecule has 132 valence electrons. The number of fused-ring (bicyclic) bond motifs is 1. The van der Waals surface area contributed by atoms with Gasteiger partial charge in [0.05, 0.1) is 0 Å². The molecule has 0 radical (unpaired) electrons. The number of carbonyl (C=O) groups excluding carboxylic acids is 1. The molecule has 2 aromatic rings. The minimum atomic E-state index is -0.0565. The highest BCUT2D eigenvalue weighted by molar-refractivity contribution is 5.88. The van der Waals surface area contributed by atoms with Crippen LogP contribution in [0.15, 0.2) is 48.5 Å². The molecule has 0 saturated heterocycles. The summed E-state index contributed by atoms with van der Waals surface area (Å²) in [7, 11) is 0. The standard InChI is InChI=1S/C21H26N2O2/c1-16(25)22-19-8-4-6-17(14-19)15-23(12-5-13-24)21-11-10-18-7-2-3-9-20(18)21/h2-4,6-9,14,21,24H,5,10-13,15H2,1H3,(H,22,25). The molecule has 0 bridgehead atoms. The van der Waals surface area contributed by atoms with Crippen LogP contribution in [0.1, 0.15) is 42.5 Å². The number of benzene rings is 2. The Bertz CT molecular complexity index is 729. The van der Waals surface area contributed by atoms with Gasteiger partial charge in [-0.1, -0.05) is 36.4 Å². The quantitative estimate of drug-likeness (QED) is 0.812. The molecule has 25 heavy (non-hydrogen) atoms. The number of hydrogen-bond donors (Lipinski definition) is 2. The largest absolute Gasteiger partial charge is 0.396 e. The lowest BCUT2D eigenvalue weighted by atomic mass is 10.1. The topological polar surface area (TPSA) is 52.6 Å². The van der Waals surface area contributed by atoms with Gasteiger partial charge in [0.2, 0.25) is 5.91 Å². The van der Waals surface area contributed by atoms with Crippen molar-refractivity contribution < 1.29 is 9.90 Å². The molecule has 0 spiro atoms. The highest BCUT2D eigenvalue weighted by Gasteiger charge is 2.27. The first kappa shape index (κ1) is 17.6. The Morgan fingerprint density at radius 2 is 2.08 bits per heavy atom. The lowest BCUT2D eigenvalue weighted by Crippen LogP contribution is -2.29. The Balaban J connectivity index is 1.79. The van der Waals surface area contributed by atoms with E-state index in [0.717, 1.165) is 38.0 Å². The summed E-state index contributed by atoms with van der Waals surface area (Å²) in [4.78, 5) is 13.7. The van der Waals surface area contributed by atoms with Crippen LogP contribution in [0, 0.1) is 0 Å². The van der Waals surface area contributed by atoms with E-state index >= 15 is 0 Å². The first-order valence-corrected chi connectivity index (χ1v) is 8.96. The van der Waals surface area contributed by atoms with E-state index in [9.17, 15) is 9.90 Å². The Morgan fingerprint density at radius 3 is 2.88 bits per heavy atom. The first-order chi connectivity index (χ1) is 12.2. The maximum atomic E-state index is 11.3. The zero-order valence-corrected chi connectivity index (χ0v) is 14.7. The van der Waals surface area contributed by atoms with Crippen LogP contribution in [0.4, 0.5) is 5.69 Å². The van der Waals surface area contributed by atoms with Gasteiger partial charge >= 0.3 is 0 Å². The molecule has 2 N–H and O–H groups in total. The lowest BCUT2D eigenvalue weighted by Gasteiger charge is -2.30. The number of nitrogens with one attached hydrogen (secondary N) is 1. The van der Waals surface area contributed by atoms with Gasteiger partial charge in [-0.25, -0.2) is 0 Å². The average Bonchev–Trinajstić information content (AvgIpc) is 3.02. The third-order valence-electron chi connectivity index (χ3n) is 4.78. The second kappa shape index (κ2) is 8.28. The van der Waals surface area contributed by atoms with Crippen LogP contribution in [0.2, 0.25) is 0 Å². The number of carbonyl (C=O) groups is 1. The summed E-state index contributed by atoms with van der Waals surface area (Å²) in [5, 5.41) is 12.1. The van der Waals surface area contributed by atoms with E-state index in [1.54, 1.807) is 0 Å². The van der Waals surface area contributed by atoms with Crippen molar-refractivity contribution in [1.29, 1.82) is 0 Å². The lowest BCUT2D eigenvalue weighted by molar-refractivity contribution is -0.114. The number of amides is 1. The Hall–Kier alpha value is -2.17. The molecule has 1 aliphatic carbocycles. The summed E-state index contributed by atoms with van der Waals surface area (Å²) < 4.78 is 0. The maximum Gasteiger partial charge on any atom is 0.221 e. The second-order valence-electron chi connectivity index (χ2n) is 6.68. The SMILES string of the molecule is CC(=O)Nc1cccc(CN(CCCO)C2CCc3ccccc32)c1. The molecule has 4 heteroatoms. The third-order valence-corrected chi connectivity index (χ3v) is 4.78. The van der Waals surface area contributed by atoms with Crippen molar-refractivity contribution in [3.63, 3.8) is 0 Å². The number of anilines is 1. The van der Waals surface area contributed by atoms with Gasteiger partial charge in [-0.3, -0.25) is 9.69 Å². The van der Waals surface area contributed by atoms with E-state index in [1.807, 2.05) is 18.2 Å². The molecular formula is C21H26N2O2. The van der Waals surface area contributed by atoms with Gasteiger partial charge in [-0.2, -0.15) is 0 Å². The van der Waals surface area contributed by atoms with E-state index < -0.39 is 0 Å².